The van der Waals surface area contributed by atoms with Gasteiger partial charge >= 0.3 is 0 Å². The van der Waals surface area contributed by atoms with E-state index < -0.39 is 0 Å². The second-order valence-electron chi connectivity index (χ2n) is 1.48. The summed E-state index contributed by atoms with van der Waals surface area (Å²) in [6.07, 6.45) is 1.94. The van der Waals surface area contributed by atoms with E-state index in [1.807, 2.05) is 0 Å². The molecule has 0 unspecified atom stereocenters. The van der Waals surface area contributed by atoms with Crippen molar-refractivity contribution in [3.63, 3.8) is 0 Å². The van der Waals surface area contributed by atoms with E-state index in [-0.39, 0.29) is 5.76 Å². The monoisotopic (exact) mass is 189 g/mol. The second kappa shape index (κ2) is 2.23. The molecule has 48 valence electrons. The zero-order chi connectivity index (χ0) is 6.85. The van der Waals surface area contributed by atoms with Crippen molar-refractivity contribution in [3.8, 4) is 0 Å². The first-order valence-corrected chi connectivity index (χ1v) is 3.02. The minimum Gasteiger partial charge on any atom is -0.458 e. The Labute approximate surface area is 60.0 Å². The number of nitrogen functional groups attached to an aromatic ring is 1. The number of halogens is 1. The highest BCUT2D eigenvalue weighted by Crippen LogP contribution is 2.23. The molecule has 9 heavy (non-hydrogen) atoms. The summed E-state index contributed by atoms with van der Waals surface area (Å²) in [5.74, 6) is 0.168. The minimum absolute atomic E-state index is 0.168. The van der Waals surface area contributed by atoms with Crippen LogP contribution in [-0.4, -0.2) is 6.29 Å². The summed E-state index contributed by atoms with van der Waals surface area (Å²) in [4.78, 5) is 10.0. The molecule has 0 saturated heterocycles. The average molecular weight is 190 g/mol. The van der Waals surface area contributed by atoms with Crippen LogP contribution >= 0.6 is 15.9 Å². The molecule has 0 fully saturated rings. The predicted molar refractivity (Wildman–Crippen MR) is 36.2 cm³/mol. The van der Waals surface area contributed by atoms with Crippen LogP contribution in [0.1, 0.15) is 10.6 Å². The number of nitrogens with two attached hydrogens (primary N) is 1. The van der Waals surface area contributed by atoms with Crippen molar-refractivity contribution >= 4 is 27.9 Å². The molecule has 3 nitrogen and oxygen atoms in total. The summed E-state index contributed by atoms with van der Waals surface area (Å²) < 4.78 is 5.32. The fourth-order valence-electron chi connectivity index (χ4n) is 0.451. The average Bonchev–Trinajstić information content (AvgIpc) is 2.15. The number of hydrogen-bond donors (Lipinski definition) is 1. The number of rotatable bonds is 1. The van der Waals surface area contributed by atoms with E-state index in [1.165, 1.54) is 6.26 Å². The number of furan rings is 1. The van der Waals surface area contributed by atoms with Gasteiger partial charge in [0, 0.05) is 0 Å². The Balaban J connectivity index is 3.18. The molecule has 0 aliphatic carbocycles. The molecule has 0 spiro atoms. The van der Waals surface area contributed by atoms with Crippen LogP contribution in [0.4, 0.5) is 5.69 Å². The lowest BCUT2D eigenvalue weighted by Gasteiger charge is -1.82. The fraction of sp³-hybridized carbons (Fsp3) is 0. The molecular weight excluding hydrogens is 186 g/mol. The molecule has 0 aromatic carbocycles. The molecule has 1 rings (SSSR count). The first kappa shape index (κ1) is 6.35. The molecule has 0 amide bonds. The van der Waals surface area contributed by atoms with Crippen LogP contribution < -0.4 is 5.73 Å². The number of carbonyl (C=O) groups excluding carboxylic acids is 1. The van der Waals surface area contributed by atoms with Gasteiger partial charge < -0.3 is 10.2 Å². The third-order valence-electron chi connectivity index (χ3n) is 0.919. The molecule has 0 aliphatic heterocycles. The molecule has 0 radical (unpaired) electrons. The first-order valence-electron chi connectivity index (χ1n) is 2.23. The molecular formula is C5H4BrNO2. The smallest absolute Gasteiger partial charge is 0.190 e. The number of hydrogen-bond acceptors (Lipinski definition) is 3. The molecule has 0 bridgehead atoms. The van der Waals surface area contributed by atoms with Gasteiger partial charge in [0.15, 0.2) is 12.0 Å². The Bertz CT molecular complexity index is 231. The van der Waals surface area contributed by atoms with E-state index in [0.717, 1.165) is 0 Å². The Hall–Kier alpha value is -0.770. The van der Waals surface area contributed by atoms with Crippen molar-refractivity contribution in [2.45, 2.75) is 0 Å². The first-order chi connectivity index (χ1) is 4.25. The van der Waals surface area contributed by atoms with E-state index in [0.29, 0.717) is 16.4 Å². The van der Waals surface area contributed by atoms with Gasteiger partial charge in [-0.05, 0) is 15.9 Å². The van der Waals surface area contributed by atoms with Gasteiger partial charge in [-0.25, -0.2) is 0 Å². The van der Waals surface area contributed by atoms with Crippen molar-refractivity contribution in [1.82, 2.24) is 0 Å². The van der Waals surface area contributed by atoms with E-state index in [9.17, 15) is 4.79 Å². The Morgan fingerprint density at radius 3 is 2.67 bits per heavy atom. The highest BCUT2D eigenvalue weighted by atomic mass is 79.9. The van der Waals surface area contributed by atoms with Crippen molar-refractivity contribution < 1.29 is 9.21 Å². The largest absolute Gasteiger partial charge is 0.458 e. The van der Waals surface area contributed by atoms with Crippen molar-refractivity contribution in [1.29, 1.82) is 0 Å². The van der Waals surface area contributed by atoms with Crippen LogP contribution in [0.25, 0.3) is 0 Å². The second-order valence-corrected chi connectivity index (χ2v) is 2.33. The van der Waals surface area contributed by atoms with Crippen LogP contribution in [-0.2, 0) is 0 Å². The number of carbonyl (C=O) groups is 1. The lowest BCUT2D eigenvalue weighted by molar-refractivity contribution is 0.110. The van der Waals surface area contributed by atoms with Crippen molar-refractivity contribution in [2.24, 2.45) is 0 Å². The van der Waals surface area contributed by atoms with Gasteiger partial charge in [0.1, 0.15) is 6.26 Å². The zero-order valence-electron chi connectivity index (χ0n) is 4.43. The van der Waals surface area contributed by atoms with Crippen LogP contribution in [0.2, 0.25) is 0 Å². The Kier molecular flexibility index (Phi) is 1.57. The van der Waals surface area contributed by atoms with Crippen LogP contribution in [0.5, 0.6) is 0 Å². The normalized spacial score (nSPS) is 9.44. The molecule has 0 aliphatic rings. The third kappa shape index (κ3) is 0.977. The maximum absolute atomic E-state index is 10.0. The summed E-state index contributed by atoms with van der Waals surface area (Å²) in [6.45, 7) is 0. The standard InChI is InChI=1S/C5H4BrNO2/c6-3-2-9-4(1-8)5(3)7/h1-2H,7H2. The lowest BCUT2D eigenvalue weighted by Crippen LogP contribution is -1.86. The van der Waals surface area contributed by atoms with Crippen molar-refractivity contribution in [2.75, 3.05) is 5.73 Å². The summed E-state index contributed by atoms with van der Waals surface area (Å²) in [7, 11) is 0. The van der Waals surface area contributed by atoms with E-state index in [4.69, 9.17) is 10.2 Å². The van der Waals surface area contributed by atoms with E-state index in [1.54, 1.807) is 0 Å². The minimum atomic E-state index is 0.168. The zero-order valence-corrected chi connectivity index (χ0v) is 6.01. The predicted octanol–water partition coefficient (Wildman–Crippen LogP) is 1.44. The van der Waals surface area contributed by atoms with Gasteiger partial charge in [-0.1, -0.05) is 0 Å². The fourth-order valence-corrected chi connectivity index (χ4v) is 0.740. The summed E-state index contributed by atoms with van der Waals surface area (Å²) >= 11 is 3.08. The molecule has 0 saturated carbocycles. The molecule has 1 aromatic rings. The third-order valence-corrected chi connectivity index (χ3v) is 1.53. The maximum atomic E-state index is 10.0. The van der Waals surface area contributed by atoms with Crippen molar-refractivity contribution in [3.05, 3.63) is 16.5 Å². The quantitative estimate of drug-likeness (QED) is 0.681. The maximum Gasteiger partial charge on any atom is 0.190 e. The van der Waals surface area contributed by atoms with Crippen LogP contribution in [0.3, 0.4) is 0 Å². The summed E-state index contributed by atoms with van der Waals surface area (Å²) in [6, 6.07) is 0. The van der Waals surface area contributed by atoms with E-state index in [2.05, 4.69) is 15.9 Å². The SMILES string of the molecule is Nc1c(Br)coc1C=O. The molecule has 1 heterocycles. The molecule has 2 N–H and O–H groups in total. The van der Waals surface area contributed by atoms with Gasteiger partial charge in [-0.15, -0.1) is 0 Å². The molecule has 1 aromatic heterocycles. The van der Waals surface area contributed by atoms with Gasteiger partial charge in [0.25, 0.3) is 0 Å². The lowest BCUT2D eigenvalue weighted by atomic mass is 10.4. The summed E-state index contributed by atoms with van der Waals surface area (Å²) in [5.41, 5.74) is 5.69. The highest BCUT2D eigenvalue weighted by Gasteiger charge is 2.04. The van der Waals surface area contributed by atoms with E-state index >= 15 is 0 Å². The number of aldehydes is 1. The van der Waals surface area contributed by atoms with Gasteiger partial charge in [0.2, 0.25) is 0 Å². The molecule has 4 heteroatoms. The Morgan fingerprint density at radius 2 is 2.44 bits per heavy atom. The Morgan fingerprint density at radius 1 is 1.78 bits per heavy atom. The topological polar surface area (TPSA) is 56.2 Å². The van der Waals surface area contributed by atoms with Crippen LogP contribution in [0.15, 0.2) is 15.2 Å². The molecule has 0 atom stereocenters. The number of anilines is 1. The van der Waals surface area contributed by atoms with Gasteiger partial charge in [-0.3, -0.25) is 4.79 Å². The van der Waals surface area contributed by atoms with Gasteiger partial charge in [-0.2, -0.15) is 0 Å². The van der Waals surface area contributed by atoms with Crippen LogP contribution in [0, 0.1) is 0 Å². The highest BCUT2D eigenvalue weighted by molar-refractivity contribution is 9.10. The summed E-state index contributed by atoms with van der Waals surface area (Å²) in [5, 5.41) is 0. The van der Waals surface area contributed by atoms with Gasteiger partial charge in [0.05, 0.1) is 10.2 Å².